The molecule has 1 amide bonds. The molecule has 0 radical (unpaired) electrons. The molecule has 0 aliphatic carbocycles. The van der Waals surface area contributed by atoms with Gasteiger partial charge in [0.15, 0.2) is 11.5 Å². The molecule has 88 valence electrons. The van der Waals surface area contributed by atoms with E-state index in [2.05, 4.69) is 10.2 Å². The third-order valence-electron chi connectivity index (χ3n) is 2.10. The highest BCUT2D eigenvalue weighted by atomic mass is 16.3. The summed E-state index contributed by atoms with van der Waals surface area (Å²) in [6, 6.07) is 3.33. The molecule has 0 aliphatic rings. The van der Waals surface area contributed by atoms with Crippen LogP contribution in [-0.4, -0.2) is 60.4 Å². The monoisotopic (exact) mass is 224 g/mol. The van der Waals surface area contributed by atoms with Gasteiger partial charge in [-0.2, -0.15) is 0 Å². The highest BCUT2D eigenvalue weighted by molar-refractivity contribution is 5.91. The van der Waals surface area contributed by atoms with Gasteiger partial charge >= 0.3 is 0 Å². The molecule has 1 heterocycles. The summed E-state index contributed by atoms with van der Waals surface area (Å²) < 4.78 is 0. The molecule has 0 saturated heterocycles. The third kappa shape index (κ3) is 2.90. The number of likely N-dealkylation sites (N-methyl/N-ethyl adjacent to an activating group) is 1. The molecule has 6 heteroatoms. The first-order valence-corrected chi connectivity index (χ1v) is 4.93. The van der Waals surface area contributed by atoms with E-state index in [1.165, 1.54) is 4.90 Å². The van der Waals surface area contributed by atoms with Gasteiger partial charge in [-0.1, -0.05) is 0 Å². The van der Waals surface area contributed by atoms with E-state index in [0.717, 1.165) is 0 Å². The van der Waals surface area contributed by atoms with E-state index in [4.69, 9.17) is 5.11 Å². The van der Waals surface area contributed by atoms with Crippen molar-refractivity contribution in [3.05, 3.63) is 17.8 Å². The van der Waals surface area contributed by atoms with Gasteiger partial charge in [-0.25, -0.2) is 0 Å². The zero-order valence-corrected chi connectivity index (χ0v) is 9.71. The first-order chi connectivity index (χ1) is 7.56. The predicted molar refractivity (Wildman–Crippen MR) is 60.4 cm³/mol. The van der Waals surface area contributed by atoms with Crippen molar-refractivity contribution in [1.82, 2.24) is 15.1 Å². The Hall–Kier alpha value is -1.69. The van der Waals surface area contributed by atoms with E-state index in [9.17, 15) is 4.79 Å². The fourth-order valence-corrected chi connectivity index (χ4v) is 1.14. The van der Waals surface area contributed by atoms with Crippen LogP contribution in [0.1, 0.15) is 10.5 Å². The van der Waals surface area contributed by atoms with Crippen LogP contribution >= 0.6 is 0 Å². The molecule has 0 fully saturated rings. The summed E-state index contributed by atoms with van der Waals surface area (Å²) in [7, 11) is 5.12. The van der Waals surface area contributed by atoms with E-state index in [0.29, 0.717) is 18.1 Å². The topological polar surface area (TPSA) is 69.6 Å². The van der Waals surface area contributed by atoms with Crippen molar-refractivity contribution in [2.24, 2.45) is 0 Å². The van der Waals surface area contributed by atoms with E-state index < -0.39 is 0 Å². The highest BCUT2D eigenvalue weighted by Gasteiger charge is 2.10. The smallest absolute Gasteiger partial charge is 0.273 e. The minimum absolute atomic E-state index is 0.0521. The van der Waals surface area contributed by atoms with Gasteiger partial charge in [0.25, 0.3) is 5.91 Å². The minimum atomic E-state index is -0.177. The molecular formula is C10H16N4O2. The lowest BCUT2D eigenvalue weighted by Gasteiger charge is -2.16. The van der Waals surface area contributed by atoms with Crippen molar-refractivity contribution >= 4 is 11.7 Å². The molecule has 0 unspecified atom stereocenters. The van der Waals surface area contributed by atoms with Gasteiger partial charge < -0.3 is 14.9 Å². The molecule has 0 atom stereocenters. The molecule has 0 spiro atoms. The Kier molecular flexibility index (Phi) is 4.19. The van der Waals surface area contributed by atoms with Crippen LogP contribution in [0.3, 0.4) is 0 Å². The van der Waals surface area contributed by atoms with Crippen LogP contribution in [0.25, 0.3) is 0 Å². The van der Waals surface area contributed by atoms with Crippen molar-refractivity contribution in [3.63, 3.8) is 0 Å². The quantitative estimate of drug-likeness (QED) is 0.754. The van der Waals surface area contributed by atoms with Crippen molar-refractivity contribution in [1.29, 1.82) is 0 Å². The Balaban J connectivity index is 2.79. The minimum Gasteiger partial charge on any atom is -0.395 e. The maximum absolute atomic E-state index is 11.5. The highest BCUT2D eigenvalue weighted by Crippen LogP contribution is 2.07. The largest absolute Gasteiger partial charge is 0.395 e. The first-order valence-electron chi connectivity index (χ1n) is 4.93. The molecule has 0 bridgehead atoms. The summed E-state index contributed by atoms with van der Waals surface area (Å²) in [6.07, 6.45) is 0. The summed E-state index contributed by atoms with van der Waals surface area (Å²) in [5, 5.41) is 16.5. The zero-order chi connectivity index (χ0) is 12.1. The van der Waals surface area contributed by atoms with Crippen LogP contribution < -0.4 is 4.90 Å². The second kappa shape index (κ2) is 5.41. The van der Waals surface area contributed by atoms with Crippen molar-refractivity contribution in [2.45, 2.75) is 0 Å². The van der Waals surface area contributed by atoms with Crippen molar-refractivity contribution in [3.8, 4) is 0 Å². The van der Waals surface area contributed by atoms with Gasteiger partial charge in [0, 0.05) is 27.7 Å². The van der Waals surface area contributed by atoms with Crippen molar-refractivity contribution < 1.29 is 9.90 Å². The number of aromatic nitrogens is 2. The van der Waals surface area contributed by atoms with Gasteiger partial charge in [-0.05, 0) is 12.1 Å². The molecule has 1 N–H and O–H groups in total. The molecule has 1 aromatic rings. The summed E-state index contributed by atoms with van der Waals surface area (Å²) >= 11 is 0. The number of carbonyl (C=O) groups excluding carboxylic acids is 1. The average Bonchev–Trinajstić information content (AvgIpc) is 2.28. The molecule has 1 rings (SSSR count). The summed E-state index contributed by atoms with van der Waals surface area (Å²) in [5.74, 6) is 0.452. The molecule has 0 aromatic carbocycles. The predicted octanol–water partition coefficient (Wildman–Crippen LogP) is -0.393. The second-order valence-corrected chi connectivity index (χ2v) is 3.62. The fraction of sp³-hybridized carbons (Fsp3) is 0.500. The third-order valence-corrected chi connectivity index (χ3v) is 2.10. The molecule has 0 saturated carbocycles. The second-order valence-electron chi connectivity index (χ2n) is 3.62. The maximum Gasteiger partial charge on any atom is 0.273 e. The van der Waals surface area contributed by atoms with Crippen molar-refractivity contribution in [2.75, 3.05) is 39.2 Å². The molecule has 16 heavy (non-hydrogen) atoms. The Labute approximate surface area is 94.5 Å². The molecular weight excluding hydrogens is 208 g/mol. The van der Waals surface area contributed by atoms with Crippen LogP contribution in [0.5, 0.6) is 0 Å². The van der Waals surface area contributed by atoms with Crippen LogP contribution in [-0.2, 0) is 0 Å². The standard InChI is InChI=1S/C10H16N4O2/c1-13(2)10(16)8-4-5-9(12-11-8)14(3)6-7-15/h4-5,15H,6-7H2,1-3H3. The molecule has 6 nitrogen and oxygen atoms in total. The molecule has 1 aromatic heterocycles. The number of aliphatic hydroxyl groups is 1. The zero-order valence-electron chi connectivity index (χ0n) is 9.71. The normalized spacial score (nSPS) is 10.0. The van der Waals surface area contributed by atoms with Crippen LogP contribution in [0, 0.1) is 0 Å². The lowest BCUT2D eigenvalue weighted by Crippen LogP contribution is -2.25. The van der Waals surface area contributed by atoms with E-state index in [1.54, 1.807) is 38.2 Å². The van der Waals surface area contributed by atoms with E-state index in [-0.39, 0.29) is 12.5 Å². The summed E-state index contributed by atoms with van der Waals surface area (Å²) in [6.45, 7) is 0.534. The maximum atomic E-state index is 11.5. The lowest BCUT2D eigenvalue weighted by atomic mass is 10.3. The van der Waals surface area contributed by atoms with Gasteiger partial charge in [0.1, 0.15) is 0 Å². The first kappa shape index (κ1) is 12.4. The number of aliphatic hydroxyl groups excluding tert-OH is 1. The number of carbonyl (C=O) groups is 1. The Morgan fingerprint density at radius 1 is 1.31 bits per heavy atom. The van der Waals surface area contributed by atoms with Gasteiger partial charge in [0.05, 0.1) is 6.61 Å². The molecule has 0 aliphatic heterocycles. The number of anilines is 1. The fourth-order valence-electron chi connectivity index (χ4n) is 1.14. The average molecular weight is 224 g/mol. The number of hydrogen-bond acceptors (Lipinski definition) is 5. The number of amides is 1. The SMILES string of the molecule is CN(C)C(=O)c1ccc(N(C)CCO)nn1. The van der Waals surface area contributed by atoms with Gasteiger partial charge in [-0.3, -0.25) is 4.79 Å². The Morgan fingerprint density at radius 2 is 2.00 bits per heavy atom. The number of rotatable bonds is 4. The van der Waals surface area contributed by atoms with Crippen LogP contribution in [0.15, 0.2) is 12.1 Å². The van der Waals surface area contributed by atoms with E-state index >= 15 is 0 Å². The van der Waals surface area contributed by atoms with E-state index in [1.807, 2.05) is 0 Å². The lowest BCUT2D eigenvalue weighted by molar-refractivity contribution is 0.0821. The summed E-state index contributed by atoms with van der Waals surface area (Å²) in [5.41, 5.74) is 0.311. The Morgan fingerprint density at radius 3 is 2.44 bits per heavy atom. The van der Waals surface area contributed by atoms with Gasteiger partial charge in [-0.15, -0.1) is 10.2 Å². The summed E-state index contributed by atoms with van der Waals surface area (Å²) in [4.78, 5) is 14.7. The number of hydrogen-bond donors (Lipinski definition) is 1. The van der Waals surface area contributed by atoms with Gasteiger partial charge in [0.2, 0.25) is 0 Å². The van der Waals surface area contributed by atoms with Crippen LogP contribution in [0.4, 0.5) is 5.82 Å². The van der Waals surface area contributed by atoms with Crippen LogP contribution in [0.2, 0.25) is 0 Å². The Bertz CT molecular complexity index is 350. The number of nitrogens with zero attached hydrogens (tertiary/aromatic N) is 4.